The third-order valence-electron chi connectivity index (χ3n) is 5.38. The molecule has 9 nitrogen and oxygen atoms in total. The third-order valence-corrected chi connectivity index (χ3v) is 5.38. The molecule has 0 fully saturated rings. The van der Waals surface area contributed by atoms with Gasteiger partial charge in [-0.15, -0.1) is 0 Å². The van der Waals surface area contributed by atoms with E-state index in [1.54, 1.807) is 42.5 Å². The van der Waals surface area contributed by atoms with Gasteiger partial charge in [0.2, 0.25) is 12.5 Å². The molecule has 1 aliphatic rings. The van der Waals surface area contributed by atoms with E-state index in [4.69, 9.17) is 23.4 Å². The maximum atomic E-state index is 12.8. The zero-order valence-electron chi connectivity index (χ0n) is 18.2. The average molecular weight is 461 g/mol. The van der Waals surface area contributed by atoms with Crippen LogP contribution in [0.15, 0.2) is 63.8 Å². The minimum Gasteiger partial charge on any atom is -0.504 e. The summed E-state index contributed by atoms with van der Waals surface area (Å²) in [5, 5.41) is 13.3. The molecule has 2 heterocycles. The standard InChI is InChI=1S/C25H19NO8/c1-30-21-11-20-22(23(28)24(21)31-2)16(27)10-18(34-20)13-4-3-5-14(8-13)25(29)26-15-6-7-17-19(9-15)33-12-32-17/h3-11,28H,12H2,1-2H3,(H,26,29). The number of ether oxygens (including phenoxy) is 4. The van der Waals surface area contributed by atoms with Crippen LogP contribution in [0.4, 0.5) is 5.69 Å². The maximum Gasteiger partial charge on any atom is 0.255 e. The van der Waals surface area contributed by atoms with Crippen molar-refractivity contribution in [2.24, 2.45) is 0 Å². The van der Waals surface area contributed by atoms with Gasteiger partial charge in [0.1, 0.15) is 16.7 Å². The number of rotatable bonds is 5. The molecule has 0 saturated carbocycles. The van der Waals surface area contributed by atoms with Gasteiger partial charge >= 0.3 is 0 Å². The van der Waals surface area contributed by atoms with Crippen molar-refractivity contribution in [2.75, 3.05) is 26.3 Å². The van der Waals surface area contributed by atoms with Gasteiger partial charge in [-0.05, 0) is 24.3 Å². The number of nitrogens with one attached hydrogen (secondary N) is 1. The highest BCUT2D eigenvalue weighted by Crippen LogP contribution is 2.42. The minimum absolute atomic E-state index is 0.0295. The first-order valence-corrected chi connectivity index (χ1v) is 10.2. The molecule has 0 unspecified atom stereocenters. The largest absolute Gasteiger partial charge is 0.504 e. The zero-order chi connectivity index (χ0) is 23.8. The molecular weight excluding hydrogens is 442 g/mol. The summed E-state index contributed by atoms with van der Waals surface area (Å²) in [6.07, 6.45) is 0. The molecule has 34 heavy (non-hydrogen) atoms. The van der Waals surface area contributed by atoms with E-state index in [2.05, 4.69) is 5.32 Å². The van der Waals surface area contributed by atoms with E-state index in [0.29, 0.717) is 28.3 Å². The summed E-state index contributed by atoms with van der Waals surface area (Å²) in [5.74, 6) is 0.928. The molecule has 0 saturated heterocycles. The second kappa shape index (κ2) is 8.36. The Morgan fingerprint density at radius 2 is 1.82 bits per heavy atom. The summed E-state index contributed by atoms with van der Waals surface area (Å²) in [7, 11) is 2.77. The van der Waals surface area contributed by atoms with E-state index in [1.807, 2.05) is 0 Å². The molecule has 0 radical (unpaired) electrons. The van der Waals surface area contributed by atoms with E-state index >= 15 is 0 Å². The SMILES string of the molecule is COc1cc2oc(-c3cccc(C(=O)Nc4ccc5c(c4)OCO5)c3)cc(=O)c2c(O)c1OC. The monoisotopic (exact) mass is 461 g/mol. The number of methoxy groups -OCH3 is 2. The van der Waals surface area contributed by atoms with Crippen molar-refractivity contribution in [3.63, 3.8) is 0 Å². The van der Waals surface area contributed by atoms with E-state index in [0.717, 1.165) is 0 Å². The predicted molar refractivity (Wildman–Crippen MR) is 123 cm³/mol. The first kappa shape index (κ1) is 21.2. The van der Waals surface area contributed by atoms with Crippen molar-refractivity contribution in [1.82, 2.24) is 0 Å². The number of fused-ring (bicyclic) bond motifs is 2. The second-order valence-corrected chi connectivity index (χ2v) is 7.41. The van der Waals surface area contributed by atoms with Gasteiger partial charge in [-0.1, -0.05) is 12.1 Å². The van der Waals surface area contributed by atoms with E-state index in [9.17, 15) is 14.7 Å². The number of amides is 1. The highest BCUT2D eigenvalue weighted by molar-refractivity contribution is 6.05. The normalized spacial score (nSPS) is 11.9. The van der Waals surface area contributed by atoms with Crippen molar-refractivity contribution >= 4 is 22.6 Å². The number of carbonyl (C=O) groups excluding carboxylic acids is 1. The summed E-state index contributed by atoms with van der Waals surface area (Å²) in [6, 6.07) is 14.5. The number of aromatic hydroxyl groups is 1. The summed E-state index contributed by atoms with van der Waals surface area (Å²) in [6.45, 7) is 0.141. The molecule has 0 bridgehead atoms. The molecule has 0 aliphatic carbocycles. The molecule has 1 aromatic heterocycles. The Morgan fingerprint density at radius 3 is 2.62 bits per heavy atom. The zero-order valence-corrected chi connectivity index (χ0v) is 18.2. The average Bonchev–Trinajstić information content (AvgIpc) is 3.31. The van der Waals surface area contributed by atoms with Crippen LogP contribution < -0.4 is 29.7 Å². The van der Waals surface area contributed by atoms with Gasteiger partial charge in [0.05, 0.1) is 14.2 Å². The van der Waals surface area contributed by atoms with Crippen LogP contribution in [0.25, 0.3) is 22.3 Å². The Balaban J connectivity index is 1.49. The van der Waals surface area contributed by atoms with Gasteiger partial charge in [0.15, 0.2) is 28.4 Å². The van der Waals surface area contributed by atoms with Crippen LogP contribution in [0.2, 0.25) is 0 Å². The lowest BCUT2D eigenvalue weighted by Gasteiger charge is -2.12. The first-order valence-electron chi connectivity index (χ1n) is 10.2. The van der Waals surface area contributed by atoms with Crippen LogP contribution in [0, 0.1) is 0 Å². The summed E-state index contributed by atoms with van der Waals surface area (Å²) < 4.78 is 26.9. The summed E-state index contributed by atoms with van der Waals surface area (Å²) in [4.78, 5) is 25.6. The molecule has 3 aromatic carbocycles. The fourth-order valence-electron chi connectivity index (χ4n) is 3.74. The van der Waals surface area contributed by atoms with Crippen LogP contribution in [0.1, 0.15) is 10.4 Å². The minimum atomic E-state index is -0.468. The van der Waals surface area contributed by atoms with Crippen LogP contribution in [0.3, 0.4) is 0 Å². The Labute approximate surface area is 193 Å². The lowest BCUT2D eigenvalue weighted by molar-refractivity contribution is 0.102. The molecule has 172 valence electrons. The topological polar surface area (TPSA) is 116 Å². The van der Waals surface area contributed by atoms with Crippen LogP contribution in [0.5, 0.6) is 28.7 Å². The quantitative estimate of drug-likeness (QED) is 0.455. The lowest BCUT2D eigenvalue weighted by Crippen LogP contribution is -2.12. The van der Waals surface area contributed by atoms with Crippen molar-refractivity contribution in [3.05, 3.63) is 70.4 Å². The highest BCUT2D eigenvalue weighted by Gasteiger charge is 2.20. The second-order valence-electron chi connectivity index (χ2n) is 7.41. The maximum absolute atomic E-state index is 12.8. The van der Waals surface area contributed by atoms with Crippen molar-refractivity contribution < 1.29 is 33.3 Å². The Hall–Kier alpha value is -4.66. The fourth-order valence-corrected chi connectivity index (χ4v) is 3.74. The summed E-state index contributed by atoms with van der Waals surface area (Å²) in [5.41, 5.74) is 1.06. The summed E-state index contributed by atoms with van der Waals surface area (Å²) >= 11 is 0. The Morgan fingerprint density at radius 1 is 1.00 bits per heavy atom. The van der Waals surface area contributed by atoms with Gasteiger partial charge in [-0.25, -0.2) is 0 Å². The molecule has 0 spiro atoms. The Kier molecular flexibility index (Phi) is 5.21. The third kappa shape index (κ3) is 3.62. The number of hydrogen-bond donors (Lipinski definition) is 2. The van der Waals surface area contributed by atoms with Gasteiger partial charge in [0.25, 0.3) is 5.91 Å². The number of anilines is 1. The van der Waals surface area contributed by atoms with Crippen molar-refractivity contribution in [3.8, 4) is 40.1 Å². The van der Waals surface area contributed by atoms with Crippen molar-refractivity contribution in [1.29, 1.82) is 0 Å². The van der Waals surface area contributed by atoms with E-state index < -0.39 is 5.43 Å². The van der Waals surface area contributed by atoms with Gasteiger partial charge in [-0.2, -0.15) is 0 Å². The first-order chi connectivity index (χ1) is 16.5. The number of hydrogen-bond acceptors (Lipinski definition) is 8. The predicted octanol–water partition coefficient (Wildman–Crippen LogP) is 4.16. The number of benzene rings is 3. The number of phenolic OH excluding ortho intramolecular Hbond substituents is 1. The lowest BCUT2D eigenvalue weighted by atomic mass is 10.1. The molecule has 0 atom stereocenters. The van der Waals surface area contributed by atoms with Crippen LogP contribution in [-0.4, -0.2) is 32.0 Å². The van der Waals surface area contributed by atoms with Gasteiger partial charge in [0, 0.05) is 35.0 Å². The van der Waals surface area contributed by atoms with Crippen molar-refractivity contribution in [2.45, 2.75) is 0 Å². The molecular formula is C25H19NO8. The molecule has 2 N–H and O–H groups in total. The van der Waals surface area contributed by atoms with Gasteiger partial charge < -0.3 is 33.8 Å². The van der Waals surface area contributed by atoms with E-state index in [1.165, 1.54) is 26.4 Å². The number of carbonyl (C=O) groups is 1. The Bertz CT molecular complexity index is 1490. The highest BCUT2D eigenvalue weighted by atomic mass is 16.7. The molecule has 1 amide bonds. The molecule has 5 rings (SSSR count). The van der Waals surface area contributed by atoms with Crippen LogP contribution in [-0.2, 0) is 0 Å². The molecule has 1 aliphatic heterocycles. The number of phenols is 1. The van der Waals surface area contributed by atoms with E-state index in [-0.39, 0.29) is 46.7 Å². The fraction of sp³-hybridized carbons (Fsp3) is 0.120. The smallest absolute Gasteiger partial charge is 0.255 e. The molecule has 9 heteroatoms. The van der Waals surface area contributed by atoms with Crippen LogP contribution >= 0.6 is 0 Å². The van der Waals surface area contributed by atoms with Gasteiger partial charge in [-0.3, -0.25) is 9.59 Å². The molecule has 4 aromatic rings.